The Morgan fingerprint density at radius 3 is 0.660 bits per heavy atom. The largest absolute Gasteiger partial charge is 0.0464 e. The normalized spacial score (nSPS) is 116. The minimum atomic E-state index is 1.04. The predicted molar refractivity (Wildman–Crippen MR) is 339 cm³/mol. The first-order chi connectivity index (χ1) is 49.8. The Hall–Kier alpha value is 0. The van der Waals surface area contributed by atoms with Gasteiger partial charge in [-0.15, -0.1) is 0 Å². The molecule has 56 saturated carbocycles. The molecule has 56 fully saturated rings. The predicted octanol–water partition coefficient (Wildman–Crippen LogP) is 11.6. The van der Waals surface area contributed by atoms with E-state index in [0.29, 0.717) is 0 Å². The molecule has 96 atom stereocenters. The van der Waals surface area contributed by atoms with E-state index in [4.69, 9.17) is 0 Å². The van der Waals surface area contributed by atoms with Gasteiger partial charge in [-0.05, 0) is 587 Å². The van der Waals surface area contributed by atoms with Crippen molar-refractivity contribution in [1.82, 2.24) is 0 Å². The summed E-state index contributed by atoms with van der Waals surface area (Å²) < 4.78 is 0. The van der Waals surface area contributed by atoms with Crippen molar-refractivity contribution in [3.8, 4) is 0 Å². The van der Waals surface area contributed by atoms with Crippen molar-refractivity contribution < 1.29 is 0 Å². The van der Waals surface area contributed by atoms with Crippen molar-refractivity contribution in [3.63, 3.8) is 0 Å². The van der Waals surface area contributed by atoms with E-state index < -0.39 is 0 Å². The van der Waals surface area contributed by atoms with Gasteiger partial charge in [-0.2, -0.15) is 0 Å². The van der Waals surface area contributed by atoms with Gasteiger partial charge in [0.15, 0.2) is 0 Å². The van der Waals surface area contributed by atoms with Crippen LogP contribution in [0.2, 0.25) is 0 Å². The molecule has 56 rings (SSSR count). The van der Waals surface area contributed by atoms with Crippen LogP contribution < -0.4 is 0 Å². The first-order valence-electron chi connectivity index (χ1n) is 49.8. The van der Waals surface area contributed by atoms with Crippen molar-refractivity contribution >= 4 is 0 Å². The molecule has 0 amide bonds. The van der Waals surface area contributed by atoms with Gasteiger partial charge in [-0.25, -0.2) is 0 Å². The third kappa shape index (κ3) is 1.74. The lowest BCUT2D eigenvalue weighted by Gasteiger charge is -3.39. The van der Waals surface area contributed by atoms with Crippen LogP contribution in [0.5, 0.6) is 0 Å². The fourth-order valence-corrected chi connectivity index (χ4v) is 81.1. The summed E-state index contributed by atoms with van der Waals surface area (Å²) >= 11 is 0. The molecule has 0 bridgehead atoms. The summed E-state index contributed by atoms with van der Waals surface area (Å²) in [6.07, 6.45) is 7.34. The number of fused-ring (bicyclic) bond motifs is 38. The minimum Gasteiger partial charge on any atom is -0.0464 e. The van der Waals surface area contributed by atoms with E-state index in [9.17, 15) is 0 Å². The minimum absolute atomic E-state index is 1.04. The molecule has 0 aromatic rings. The van der Waals surface area contributed by atoms with E-state index in [1.165, 1.54) is 485 Å². The van der Waals surface area contributed by atoms with Gasteiger partial charge < -0.3 is 0 Å². The molecule has 0 aromatic heterocycles. The fourth-order valence-electron chi connectivity index (χ4n) is 81.1. The zero-order valence-corrected chi connectivity index (χ0v) is 57.2. The summed E-state index contributed by atoms with van der Waals surface area (Å²) in [5.74, 6) is 111. The lowest BCUT2D eigenvalue weighted by Crippen LogP contribution is -3.37. The summed E-state index contributed by atoms with van der Waals surface area (Å²) in [4.78, 5) is 0. The standard InChI is InChI=1S/C100H90/c1-5-13-6-2-10-15(6)21(13)52-58-20(10)62-64-53-55-60-56(54-59(53)89(64)65(54)63(52)88(58,62)89)67-71-75-79-83-86-85-81-77-73-69-61-17(11-4-12-57-68-72-76-80-84-82-78-74-70-66(55)90(60,67)92(70,71)94(74,75)96(78,79)98(82,83)100(84,86)99(80,85)97(76,81)95(72,77)93(68,73)91(57,69)87(11,12)61)7-3-9-16(7)23-19(9)25-27(23)31-29(25)33-35(31)39-37(33)41-43(39)47-45(41)49-48-44-40-36-32-28-24-18-8(1)14(5)22(18)26(24)30(28)34(32)38(36)42(40)46(44)50(48)51(47)49/h5-86H,1-4H2. The monoisotopic (exact) mass is 1290 g/mol. The average Bonchev–Trinajstić information content (AvgIpc) is 0.480. The van der Waals surface area contributed by atoms with Crippen molar-refractivity contribution in [2.24, 2.45) is 561 Å². The molecular weight excluding hydrogens is 1200 g/mol. The molecule has 0 nitrogen and oxygen atoms in total. The van der Waals surface area contributed by atoms with Crippen LogP contribution in [0.3, 0.4) is 0 Å². The molecule has 14 spiro atoms. The Bertz CT molecular complexity index is 5450. The molecule has 0 radical (unpaired) electrons. The SMILES string of the molecule is C1C2C3C1C1C3C3C1C1C3C3C1C1C3C3C1C1C3C3C1C1C4C5C6C7C8C9C%10C%11CC(C%11C%10C9C8C7C6C5C4C13)C1C3CC4C5C6C7C8C9C%10C%11C%12C%13C%14C%15C%16C%17C%18C(C%19C%16C%15%16C%19C%15C%19C%20C%21C%22C%23C%24C%25C%26C%27C1C34C5%27C6%26C7%25C8%24C9%23C%10%22C%11%21C%12%20C%13%19C%14%15%16)C1C3C4C5C2C2CC(C25)C2C4C34C2C%17C%1814. The lowest BCUT2D eigenvalue weighted by atomic mass is 8.64. The van der Waals surface area contributed by atoms with E-state index in [0.717, 1.165) is 75.8 Å². The van der Waals surface area contributed by atoms with E-state index >= 15 is 0 Å². The Morgan fingerprint density at radius 2 is 0.300 bits per heavy atom. The molecule has 0 aliphatic heterocycles. The highest BCUT2D eigenvalue weighted by Crippen LogP contribution is 3.42. The topological polar surface area (TPSA) is 0 Å². The van der Waals surface area contributed by atoms with Crippen LogP contribution in [0.1, 0.15) is 25.7 Å². The van der Waals surface area contributed by atoms with Gasteiger partial charge in [-0.1, -0.05) is 0 Å². The Labute approximate surface area is 583 Å². The lowest BCUT2D eigenvalue weighted by molar-refractivity contribution is -0.938. The molecule has 100 heavy (non-hydrogen) atoms. The Kier molecular flexibility index (Phi) is 3.48. The second-order valence-electron chi connectivity index (χ2n) is 59.7. The summed E-state index contributed by atoms with van der Waals surface area (Å²) in [5.41, 5.74) is 15.0. The molecular formula is C100H90. The smallest absolute Gasteiger partial charge is 0.00932 e. The van der Waals surface area contributed by atoms with E-state index in [1.54, 1.807) is 0 Å². The number of hydrogen-bond acceptors (Lipinski definition) is 0. The van der Waals surface area contributed by atoms with Gasteiger partial charge in [0.2, 0.25) is 0 Å². The molecule has 490 valence electrons. The van der Waals surface area contributed by atoms with Crippen LogP contribution in [0.4, 0.5) is 0 Å². The van der Waals surface area contributed by atoms with Crippen molar-refractivity contribution in [3.05, 3.63) is 0 Å². The van der Waals surface area contributed by atoms with Gasteiger partial charge >= 0.3 is 0 Å². The van der Waals surface area contributed by atoms with Gasteiger partial charge in [0.25, 0.3) is 0 Å². The first kappa shape index (κ1) is 40.8. The van der Waals surface area contributed by atoms with Gasteiger partial charge in [-0.3, -0.25) is 0 Å². The molecule has 56 aliphatic rings. The van der Waals surface area contributed by atoms with Gasteiger partial charge in [0.1, 0.15) is 0 Å². The van der Waals surface area contributed by atoms with Gasteiger partial charge in [0, 0.05) is 0 Å². The third-order valence-electron chi connectivity index (χ3n) is 72.4. The zero-order chi connectivity index (χ0) is 57.2. The molecule has 0 heteroatoms. The number of rotatable bonds is 0. The van der Waals surface area contributed by atoms with Crippen LogP contribution in [-0.4, -0.2) is 0 Å². The summed E-state index contributed by atoms with van der Waals surface area (Å²) in [6.45, 7) is 0. The fraction of sp³-hybridized carbons (Fsp3) is 1.00. The molecule has 0 aromatic carbocycles. The highest BCUT2D eigenvalue weighted by atomic mass is 15.4. The third-order valence-corrected chi connectivity index (χ3v) is 72.4. The summed E-state index contributed by atoms with van der Waals surface area (Å²) in [6, 6.07) is 0. The highest BCUT2D eigenvalue weighted by Gasteiger charge is 3.40. The van der Waals surface area contributed by atoms with Crippen LogP contribution in [0.25, 0.3) is 0 Å². The second-order valence-corrected chi connectivity index (χ2v) is 59.7. The van der Waals surface area contributed by atoms with Crippen molar-refractivity contribution in [2.75, 3.05) is 0 Å². The average molecular weight is 1290 g/mol. The summed E-state index contributed by atoms with van der Waals surface area (Å²) in [5, 5.41) is 0. The molecule has 96 unspecified atom stereocenters. The highest BCUT2D eigenvalue weighted by molar-refractivity contribution is 5.85. The Balaban J connectivity index is 0.385. The second kappa shape index (κ2) is 8.52. The maximum atomic E-state index is 1.85. The van der Waals surface area contributed by atoms with Crippen LogP contribution >= 0.6 is 0 Å². The summed E-state index contributed by atoms with van der Waals surface area (Å²) in [7, 11) is 0. The quantitative estimate of drug-likeness (QED) is 0.227. The van der Waals surface area contributed by atoms with Crippen LogP contribution in [0.15, 0.2) is 0 Å². The van der Waals surface area contributed by atoms with Crippen LogP contribution in [0, 0.1) is 561 Å². The first-order valence-corrected chi connectivity index (χ1v) is 49.8. The molecule has 0 saturated heterocycles. The molecule has 0 heterocycles. The maximum absolute atomic E-state index is 1.85. The molecule has 56 aliphatic carbocycles. The number of hydrogen-bond donors (Lipinski definition) is 0. The van der Waals surface area contributed by atoms with Crippen molar-refractivity contribution in [2.45, 2.75) is 25.7 Å². The Morgan fingerprint density at radius 1 is 0.100 bits per heavy atom. The van der Waals surface area contributed by atoms with E-state index in [2.05, 4.69) is 0 Å². The van der Waals surface area contributed by atoms with Crippen LogP contribution in [-0.2, 0) is 0 Å². The van der Waals surface area contributed by atoms with E-state index in [-0.39, 0.29) is 0 Å². The van der Waals surface area contributed by atoms with Gasteiger partial charge in [0.05, 0.1) is 0 Å². The van der Waals surface area contributed by atoms with Crippen molar-refractivity contribution in [1.29, 1.82) is 0 Å². The zero-order valence-electron chi connectivity index (χ0n) is 57.2. The molecule has 0 N–H and O–H groups in total. The van der Waals surface area contributed by atoms with E-state index in [1.807, 2.05) is 25.7 Å². The maximum Gasteiger partial charge on any atom is -0.00932 e.